The average Bonchev–Trinajstić information content (AvgIpc) is 1.39. The first kappa shape index (κ1) is 16.2. The molecule has 0 aliphatic heterocycles. The first-order chi connectivity index (χ1) is 2.83. The van der Waals surface area contributed by atoms with E-state index in [0.29, 0.717) is 0 Å². The molecule has 0 aliphatic carbocycles. The second kappa shape index (κ2) is 57.0. The number of nitrogens with zero attached hydrogens (tertiary/aromatic N) is 2. The van der Waals surface area contributed by atoms with Gasteiger partial charge in [0, 0.05) is 17.1 Å². The summed E-state index contributed by atoms with van der Waals surface area (Å²) in [5.74, 6) is 0. The number of hydrogen-bond donors (Lipinski definition) is 2. The maximum atomic E-state index is 8.11. The Morgan fingerprint density at radius 3 is 1.00 bits per heavy atom. The van der Waals surface area contributed by atoms with E-state index in [1.54, 1.807) is 0 Å². The zero-order valence-corrected chi connectivity index (χ0v) is 4.73. The molecule has 0 aromatic carbocycles. The van der Waals surface area contributed by atoms with Gasteiger partial charge in [0.2, 0.25) is 0 Å². The quantitative estimate of drug-likeness (QED) is 0.303. The Morgan fingerprint density at radius 1 is 1.00 bits per heavy atom. The van der Waals surface area contributed by atoms with Crippen molar-refractivity contribution in [3.05, 3.63) is 9.81 Å². The van der Waals surface area contributed by atoms with Crippen molar-refractivity contribution in [3.63, 3.8) is 0 Å². The summed E-state index contributed by atoms with van der Waals surface area (Å²) in [4.78, 5) is 16.2. The number of hydrogen-bond acceptors (Lipinski definition) is 4. The fourth-order valence-electron chi connectivity index (χ4n) is 0. The Labute approximate surface area is 48.9 Å². The summed E-state index contributed by atoms with van der Waals surface area (Å²) < 4.78 is 0. The molecule has 7 heavy (non-hydrogen) atoms. The predicted molar refractivity (Wildman–Crippen MR) is 20.9 cm³/mol. The Hall–Kier alpha value is -0.681. The zero-order chi connectivity index (χ0) is 5.41. The maximum Gasteiger partial charge on any atom is 0.152 e. The fourth-order valence-corrected chi connectivity index (χ4v) is 0. The van der Waals surface area contributed by atoms with Gasteiger partial charge >= 0.3 is 0 Å². The SMILES string of the molecule is O=NO.O=NO.[Se]. The second-order valence-corrected chi connectivity index (χ2v) is 0.163. The van der Waals surface area contributed by atoms with Gasteiger partial charge in [-0.05, 0) is 0 Å². The molecule has 0 unspecified atom stereocenters. The standard InChI is InChI=1S/2HNO2.Se/c2*2-1-3;/h2*(H,2,3);. The molecule has 0 fully saturated rings. The van der Waals surface area contributed by atoms with Gasteiger partial charge in [0.05, 0.1) is 0 Å². The molecule has 0 aliphatic rings. The van der Waals surface area contributed by atoms with Gasteiger partial charge in [-0.3, -0.25) is 0 Å². The van der Waals surface area contributed by atoms with Crippen LogP contribution in [-0.4, -0.2) is 27.5 Å². The van der Waals surface area contributed by atoms with Gasteiger partial charge in [0.15, 0.2) is 10.7 Å². The molecule has 0 spiro atoms. The number of rotatable bonds is 0. The summed E-state index contributed by atoms with van der Waals surface area (Å²) in [7, 11) is 0. The molecule has 42 valence electrons. The predicted octanol–water partition coefficient (Wildman–Crippen LogP) is -0.0968. The van der Waals surface area contributed by atoms with Crippen LogP contribution in [0.4, 0.5) is 0 Å². The molecular weight excluding hydrogens is 171 g/mol. The van der Waals surface area contributed by atoms with Gasteiger partial charge in [-0.25, -0.2) is 0 Å². The van der Waals surface area contributed by atoms with E-state index < -0.39 is 0 Å². The van der Waals surface area contributed by atoms with Crippen LogP contribution in [-0.2, 0) is 0 Å². The van der Waals surface area contributed by atoms with Gasteiger partial charge in [-0.15, -0.1) is 9.81 Å². The summed E-state index contributed by atoms with van der Waals surface area (Å²) in [6.45, 7) is 0. The Morgan fingerprint density at radius 2 is 1.00 bits per heavy atom. The molecule has 0 amide bonds. The van der Waals surface area contributed by atoms with Crippen molar-refractivity contribution >= 4 is 17.1 Å². The Balaban J connectivity index is -0.0000000400. The van der Waals surface area contributed by atoms with Crippen LogP contribution < -0.4 is 0 Å². The minimum absolute atomic E-state index is 0. The molecular formula is H2N2O4Se. The fraction of sp³-hybridized carbons (Fsp3) is 0. The molecule has 0 aromatic heterocycles. The molecule has 7 heteroatoms. The van der Waals surface area contributed by atoms with Crippen LogP contribution in [0.5, 0.6) is 0 Å². The van der Waals surface area contributed by atoms with Crippen LogP contribution in [0.3, 0.4) is 0 Å². The molecule has 0 saturated carbocycles. The van der Waals surface area contributed by atoms with Crippen LogP contribution in [0.1, 0.15) is 0 Å². The molecule has 2 N–H and O–H groups in total. The van der Waals surface area contributed by atoms with Gasteiger partial charge in [-0.1, -0.05) is 0 Å². The van der Waals surface area contributed by atoms with Crippen molar-refractivity contribution in [2.75, 3.05) is 0 Å². The molecule has 0 saturated heterocycles. The molecule has 6 nitrogen and oxygen atoms in total. The van der Waals surface area contributed by atoms with Gasteiger partial charge in [0.1, 0.15) is 0 Å². The monoisotopic (exact) mass is 174 g/mol. The van der Waals surface area contributed by atoms with Gasteiger partial charge < -0.3 is 10.4 Å². The topological polar surface area (TPSA) is 99.3 Å². The van der Waals surface area contributed by atoms with Crippen LogP contribution >= 0.6 is 0 Å². The second-order valence-electron chi connectivity index (χ2n) is 0.163. The molecule has 0 bridgehead atoms. The van der Waals surface area contributed by atoms with E-state index in [4.69, 9.17) is 20.2 Å². The van der Waals surface area contributed by atoms with Crippen molar-refractivity contribution in [3.8, 4) is 0 Å². The van der Waals surface area contributed by atoms with Crippen LogP contribution in [0.25, 0.3) is 0 Å². The summed E-state index contributed by atoms with van der Waals surface area (Å²) >= 11 is 0. The Bertz CT molecular complexity index is 30.7. The first-order valence-corrected chi connectivity index (χ1v) is 0.765. The van der Waals surface area contributed by atoms with E-state index in [-0.39, 0.29) is 17.1 Å². The van der Waals surface area contributed by atoms with Crippen molar-refractivity contribution in [1.29, 1.82) is 0 Å². The molecule has 0 atom stereocenters. The van der Waals surface area contributed by atoms with Crippen molar-refractivity contribution in [1.82, 2.24) is 0 Å². The summed E-state index contributed by atoms with van der Waals surface area (Å²) in [6, 6.07) is 0. The van der Waals surface area contributed by atoms with Crippen LogP contribution in [0.2, 0.25) is 0 Å². The minimum atomic E-state index is 0. The maximum absolute atomic E-state index is 8.11. The summed E-state index contributed by atoms with van der Waals surface area (Å²) in [5.41, 5.74) is 0. The van der Waals surface area contributed by atoms with Crippen molar-refractivity contribution < 1.29 is 10.4 Å². The van der Waals surface area contributed by atoms with E-state index in [1.165, 1.54) is 10.7 Å². The van der Waals surface area contributed by atoms with Crippen molar-refractivity contribution in [2.45, 2.75) is 0 Å². The molecule has 2 radical (unpaired) electrons. The third-order valence-electron chi connectivity index (χ3n) is 0. The third-order valence-corrected chi connectivity index (χ3v) is 0. The van der Waals surface area contributed by atoms with E-state index in [1.807, 2.05) is 0 Å². The Kier molecular flexibility index (Phi) is 132. The smallest absolute Gasteiger partial charge is 0.152 e. The molecule has 0 aromatic rings. The van der Waals surface area contributed by atoms with Crippen molar-refractivity contribution in [2.24, 2.45) is 10.7 Å². The first-order valence-electron chi connectivity index (χ1n) is 0.765. The average molecular weight is 173 g/mol. The summed E-state index contributed by atoms with van der Waals surface area (Å²) in [6.07, 6.45) is 0. The largest absolute Gasteiger partial charge is 0.379 e. The van der Waals surface area contributed by atoms with E-state index in [9.17, 15) is 0 Å². The normalized spacial score (nSPS) is 3.43. The van der Waals surface area contributed by atoms with Crippen LogP contribution in [0, 0.1) is 9.81 Å². The van der Waals surface area contributed by atoms with E-state index >= 15 is 0 Å². The molecule has 0 rings (SSSR count). The zero-order valence-electron chi connectivity index (χ0n) is 3.01. The molecule has 0 heterocycles. The third kappa shape index (κ3) is 127. The van der Waals surface area contributed by atoms with E-state index in [0.717, 1.165) is 0 Å². The van der Waals surface area contributed by atoms with Crippen LogP contribution in [0.15, 0.2) is 10.7 Å². The van der Waals surface area contributed by atoms with Gasteiger partial charge in [0.25, 0.3) is 0 Å². The van der Waals surface area contributed by atoms with Gasteiger partial charge in [-0.2, -0.15) is 0 Å². The van der Waals surface area contributed by atoms with E-state index in [2.05, 4.69) is 0 Å². The minimum Gasteiger partial charge on any atom is -0.379 e. The summed E-state index contributed by atoms with van der Waals surface area (Å²) in [5, 5.41) is 15.8.